The van der Waals surface area contributed by atoms with Crippen molar-refractivity contribution in [2.75, 3.05) is 6.61 Å². The summed E-state index contributed by atoms with van der Waals surface area (Å²) in [6, 6.07) is 0. The second-order valence-electron chi connectivity index (χ2n) is 3.10. The Kier molecular flexibility index (Phi) is 4.37. The molecule has 0 radical (unpaired) electrons. The van der Waals surface area contributed by atoms with Crippen LogP contribution < -0.4 is 0 Å². The number of carbonyl (C=O) groups is 1. The van der Waals surface area contributed by atoms with E-state index in [9.17, 15) is 4.79 Å². The predicted octanol–water partition coefficient (Wildman–Crippen LogP) is 2.20. The highest BCUT2D eigenvalue weighted by atomic mass is 35.5. The molecular weight excluding hydrogens is 216 g/mol. The number of ether oxygens (including phenoxy) is 1. The lowest BCUT2D eigenvalue weighted by Crippen LogP contribution is -2.03. The van der Waals surface area contributed by atoms with Crippen LogP contribution >= 0.6 is 11.6 Å². The SMILES string of the molecule is CCOC(=O)c1cnn(CC(C)=CCl)c1. The van der Waals surface area contributed by atoms with Crippen molar-refractivity contribution in [2.45, 2.75) is 20.4 Å². The van der Waals surface area contributed by atoms with Crippen LogP contribution in [0.3, 0.4) is 0 Å². The smallest absolute Gasteiger partial charge is 0.341 e. The third-order valence-corrected chi connectivity index (χ3v) is 2.11. The van der Waals surface area contributed by atoms with E-state index in [1.807, 2.05) is 6.92 Å². The van der Waals surface area contributed by atoms with E-state index >= 15 is 0 Å². The lowest BCUT2D eigenvalue weighted by molar-refractivity contribution is 0.0526. The summed E-state index contributed by atoms with van der Waals surface area (Å²) in [6.45, 7) is 4.59. The normalized spacial score (nSPS) is 11.5. The number of nitrogens with zero attached hydrogens (tertiary/aromatic N) is 2. The van der Waals surface area contributed by atoms with Crippen LogP contribution in [0.5, 0.6) is 0 Å². The number of esters is 1. The highest BCUT2D eigenvalue weighted by Crippen LogP contribution is 2.04. The Morgan fingerprint density at radius 1 is 1.73 bits per heavy atom. The van der Waals surface area contributed by atoms with E-state index in [2.05, 4.69) is 5.10 Å². The van der Waals surface area contributed by atoms with Gasteiger partial charge in [-0.2, -0.15) is 5.10 Å². The van der Waals surface area contributed by atoms with Gasteiger partial charge in [-0.3, -0.25) is 4.68 Å². The predicted molar refractivity (Wildman–Crippen MR) is 57.8 cm³/mol. The van der Waals surface area contributed by atoms with E-state index in [1.165, 1.54) is 11.7 Å². The third kappa shape index (κ3) is 3.40. The first-order valence-electron chi connectivity index (χ1n) is 4.62. The molecule has 0 amide bonds. The molecular formula is C10H13ClN2O2. The average Bonchev–Trinajstić information content (AvgIpc) is 2.66. The Morgan fingerprint density at radius 2 is 2.47 bits per heavy atom. The van der Waals surface area contributed by atoms with Crippen molar-refractivity contribution in [3.05, 3.63) is 29.1 Å². The second kappa shape index (κ2) is 5.56. The first kappa shape index (κ1) is 11.8. The van der Waals surface area contributed by atoms with Gasteiger partial charge in [-0.25, -0.2) is 4.79 Å². The van der Waals surface area contributed by atoms with Gasteiger partial charge in [-0.15, -0.1) is 0 Å². The topological polar surface area (TPSA) is 44.1 Å². The fourth-order valence-corrected chi connectivity index (χ4v) is 1.13. The maximum absolute atomic E-state index is 11.3. The molecule has 0 aliphatic rings. The summed E-state index contributed by atoms with van der Waals surface area (Å²) >= 11 is 5.53. The van der Waals surface area contributed by atoms with Crippen molar-refractivity contribution in [3.63, 3.8) is 0 Å². The van der Waals surface area contributed by atoms with Crippen molar-refractivity contribution >= 4 is 17.6 Å². The van der Waals surface area contributed by atoms with Gasteiger partial charge in [0.2, 0.25) is 0 Å². The van der Waals surface area contributed by atoms with Gasteiger partial charge in [0.1, 0.15) is 0 Å². The van der Waals surface area contributed by atoms with Crippen molar-refractivity contribution in [1.29, 1.82) is 0 Å². The Labute approximate surface area is 93.5 Å². The molecule has 1 heterocycles. The summed E-state index contributed by atoms with van der Waals surface area (Å²) in [7, 11) is 0. The minimum Gasteiger partial charge on any atom is -0.462 e. The molecule has 0 aliphatic carbocycles. The van der Waals surface area contributed by atoms with Crippen LogP contribution in [0.4, 0.5) is 0 Å². The number of hydrogen-bond acceptors (Lipinski definition) is 3. The van der Waals surface area contributed by atoms with Crippen molar-refractivity contribution in [3.8, 4) is 0 Å². The molecule has 0 atom stereocenters. The summed E-state index contributed by atoms with van der Waals surface area (Å²) < 4.78 is 6.48. The highest BCUT2D eigenvalue weighted by Gasteiger charge is 2.08. The molecule has 0 spiro atoms. The van der Waals surface area contributed by atoms with Gasteiger partial charge in [0.25, 0.3) is 0 Å². The quantitative estimate of drug-likeness (QED) is 0.743. The summed E-state index contributed by atoms with van der Waals surface area (Å²) in [5.41, 5.74) is 2.92. The molecule has 15 heavy (non-hydrogen) atoms. The first-order chi connectivity index (χ1) is 7.17. The van der Waals surface area contributed by atoms with Gasteiger partial charge in [-0.05, 0) is 19.4 Å². The van der Waals surface area contributed by atoms with Crippen molar-refractivity contribution in [2.24, 2.45) is 0 Å². The fraction of sp³-hybridized carbons (Fsp3) is 0.400. The number of carbonyl (C=O) groups excluding carboxylic acids is 1. The molecule has 0 fully saturated rings. The molecule has 4 nitrogen and oxygen atoms in total. The number of halogens is 1. The van der Waals surface area contributed by atoms with Crippen molar-refractivity contribution in [1.82, 2.24) is 9.78 Å². The standard InChI is InChI=1S/C10H13ClN2O2/c1-3-15-10(14)9-5-12-13(7-9)6-8(2)4-11/h4-5,7H,3,6H2,1-2H3. The Bertz CT molecular complexity index is 371. The van der Waals surface area contributed by atoms with Crippen LogP contribution in [0, 0.1) is 0 Å². The Balaban J connectivity index is 2.68. The number of rotatable bonds is 4. The van der Waals surface area contributed by atoms with Gasteiger partial charge in [-0.1, -0.05) is 11.6 Å². The molecule has 1 aromatic heterocycles. The third-order valence-electron chi connectivity index (χ3n) is 1.74. The minimum atomic E-state index is -0.351. The van der Waals surface area contributed by atoms with Crippen LogP contribution in [0.2, 0.25) is 0 Å². The van der Waals surface area contributed by atoms with E-state index < -0.39 is 0 Å². The fourth-order valence-electron chi connectivity index (χ4n) is 1.06. The molecule has 82 valence electrons. The molecule has 0 aliphatic heterocycles. The highest BCUT2D eigenvalue weighted by molar-refractivity contribution is 6.25. The number of allylic oxidation sites excluding steroid dienone is 1. The van der Waals surface area contributed by atoms with Crippen LogP contribution in [0.25, 0.3) is 0 Å². The monoisotopic (exact) mass is 228 g/mol. The van der Waals surface area contributed by atoms with E-state index in [4.69, 9.17) is 16.3 Å². The molecule has 0 bridgehead atoms. The molecule has 5 heteroatoms. The number of aromatic nitrogens is 2. The lowest BCUT2D eigenvalue weighted by Gasteiger charge is -1.99. The van der Waals surface area contributed by atoms with Gasteiger partial charge >= 0.3 is 5.97 Å². The van der Waals surface area contributed by atoms with Crippen LogP contribution in [-0.4, -0.2) is 22.4 Å². The largest absolute Gasteiger partial charge is 0.462 e. The van der Waals surface area contributed by atoms with Gasteiger partial charge in [0.05, 0.1) is 24.9 Å². The lowest BCUT2D eigenvalue weighted by atomic mass is 10.3. The Morgan fingerprint density at radius 3 is 3.07 bits per heavy atom. The van der Waals surface area contributed by atoms with E-state index in [-0.39, 0.29) is 5.97 Å². The van der Waals surface area contributed by atoms with E-state index in [1.54, 1.807) is 17.8 Å². The van der Waals surface area contributed by atoms with Gasteiger partial charge in [0, 0.05) is 11.7 Å². The summed E-state index contributed by atoms with van der Waals surface area (Å²) in [5, 5.41) is 4.02. The number of hydrogen-bond donors (Lipinski definition) is 0. The molecule has 1 rings (SSSR count). The molecule has 0 N–H and O–H groups in total. The van der Waals surface area contributed by atoms with E-state index in [0.29, 0.717) is 18.7 Å². The first-order valence-corrected chi connectivity index (χ1v) is 5.06. The second-order valence-corrected chi connectivity index (χ2v) is 3.32. The summed E-state index contributed by atoms with van der Waals surface area (Å²) in [4.78, 5) is 11.3. The zero-order valence-corrected chi connectivity index (χ0v) is 9.49. The van der Waals surface area contributed by atoms with E-state index in [0.717, 1.165) is 5.57 Å². The van der Waals surface area contributed by atoms with Crippen LogP contribution in [-0.2, 0) is 11.3 Å². The summed E-state index contributed by atoms with van der Waals surface area (Å²) in [6.07, 6.45) is 3.13. The zero-order valence-electron chi connectivity index (χ0n) is 8.74. The molecule has 0 saturated heterocycles. The molecule has 0 unspecified atom stereocenters. The van der Waals surface area contributed by atoms with Crippen molar-refractivity contribution < 1.29 is 9.53 Å². The maximum Gasteiger partial charge on any atom is 0.341 e. The maximum atomic E-state index is 11.3. The zero-order chi connectivity index (χ0) is 11.3. The van der Waals surface area contributed by atoms with Gasteiger partial charge in [0.15, 0.2) is 0 Å². The molecule has 1 aromatic rings. The van der Waals surface area contributed by atoms with Crippen LogP contribution in [0.1, 0.15) is 24.2 Å². The van der Waals surface area contributed by atoms with Gasteiger partial charge < -0.3 is 4.74 Å². The summed E-state index contributed by atoms with van der Waals surface area (Å²) in [5.74, 6) is -0.351. The molecule has 0 saturated carbocycles. The Hall–Kier alpha value is -1.29. The average molecular weight is 229 g/mol. The molecule has 0 aromatic carbocycles. The van der Waals surface area contributed by atoms with Crippen LogP contribution in [0.15, 0.2) is 23.5 Å². The minimum absolute atomic E-state index is 0.351.